The van der Waals surface area contributed by atoms with Crippen LogP contribution in [0.1, 0.15) is 18.4 Å². The second kappa shape index (κ2) is 9.58. The highest BCUT2D eigenvalue weighted by Gasteiger charge is 2.34. The van der Waals surface area contributed by atoms with E-state index in [-0.39, 0.29) is 36.4 Å². The second-order valence-corrected chi connectivity index (χ2v) is 8.97. The van der Waals surface area contributed by atoms with Gasteiger partial charge in [0, 0.05) is 19.1 Å². The fraction of sp³-hybridized carbons (Fsp3) is 0.350. The van der Waals surface area contributed by atoms with E-state index in [1.165, 1.54) is 16.4 Å². The number of carboxylic acids is 1. The Morgan fingerprint density at radius 3 is 2.38 bits per heavy atom. The maximum Gasteiger partial charge on any atom is 0.307 e. The average molecular weight is 441 g/mol. The molecule has 0 unspecified atom stereocenters. The number of sulfonamides is 1. The molecule has 0 radical (unpaired) electrons. The van der Waals surface area contributed by atoms with Crippen LogP contribution < -0.4 is 10.5 Å². The van der Waals surface area contributed by atoms with Crippen molar-refractivity contribution in [3.05, 3.63) is 54.1 Å². The maximum atomic E-state index is 13.0. The van der Waals surface area contributed by atoms with Gasteiger partial charge < -0.3 is 15.6 Å². The Morgan fingerprint density at radius 1 is 1.10 bits per heavy atom. The van der Waals surface area contributed by atoms with Gasteiger partial charge in [0.25, 0.3) is 0 Å². The van der Waals surface area contributed by atoms with Crippen LogP contribution in [0.2, 0.25) is 0 Å². The number of halogens is 1. The molecule has 0 saturated carbocycles. The monoisotopic (exact) mass is 440 g/mol. The third-order valence-corrected chi connectivity index (χ3v) is 6.73. The molecule has 0 spiro atoms. The van der Waals surface area contributed by atoms with E-state index in [2.05, 4.69) is 0 Å². The lowest BCUT2D eigenvalue weighted by Crippen LogP contribution is -2.41. The van der Waals surface area contributed by atoms with Crippen molar-refractivity contribution in [1.29, 1.82) is 0 Å². The molecule has 9 heteroatoms. The van der Waals surface area contributed by atoms with E-state index >= 15 is 0 Å². The van der Waals surface area contributed by atoms with Gasteiger partial charge in [-0.25, -0.2) is 8.42 Å². The topological polar surface area (TPSA) is 110 Å². The van der Waals surface area contributed by atoms with Crippen LogP contribution in [0.4, 0.5) is 0 Å². The molecule has 1 heterocycles. The molecule has 3 rings (SSSR count). The highest BCUT2D eigenvalue weighted by Crippen LogP contribution is 2.28. The van der Waals surface area contributed by atoms with Crippen LogP contribution in [-0.2, 0) is 14.8 Å². The van der Waals surface area contributed by atoms with Crippen molar-refractivity contribution in [2.75, 3.05) is 13.1 Å². The number of aliphatic carboxylic acids is 1. The van der Waals surface area contributed by atoms with E-state index in [1.807, 2.05) is 31.2 Å². The molecule has 2 aromatic rings. The van der Waals surface area contributed by atoms with Gasteiger partial charge in [0.15, 0.2) is 0 Å². The zero-order chi connectivity index (χ0) is 20.3. The molecule has 1 saturated heterocycles. The van der Waals surface area contributed by atoms with Crippen molar-refractivity contribution in [1.82, 2.24) is 4.31 Å². The predicted molar refractivity (Wildman–Crippen MR) is 112 cm³/mol. The van der Waals surface area contributed by atoms with Gasteiger partial charge in [-0.15, -0.1) is 12.4 Å². The zero-order valence-corrected chi connectivity index (χ0v) is 17.7. The first-order valence-corrected chi connectivity index (χ1v) is 10.5. The molecule has 2 atom stereocenters. The van der Waals surface area contributed by atoms with E-state index < -0.39 is 21.9 Å². The smallest absolute Gasteiger partial charge is 0.307 e. The number of ether oxygens (including phenoxy) is 1. The molecule has 2 aromatic carbocycles. The van der Waals surface area contributed by atoms with Gasteiger partial charge in [-0.3, -0.25) is 4.79 Å². The van der Waals surface area contributed by atoms with Gasteiger partial charge in [-0.05, 0) is 55.7 Å². The van der Waals surface area contributed by atoms with Crippen LogP contribution >= 0.6 is 12.4 Å². The summed E-state index contributed by atoms with van der Waals surface area (Å²) in [5, 5.41) is 9.32. The van der Waals surface area contributed by atoms with E-state index in [0.717, 1.165) is 5.56 Å². The Labute approximate surface area is 176 Å². The van der Waals surface area contributed by atoms with E-state index in [9.17, 15) is 18.3 Å². The van der Waals surface area contributed by atoms with E-state index in [4.69, 9.17) is 10.5 Å². The van der Waals surface area contributed by atoms with Gasteiger partial charge >= 0.3 is 5.97 Å². The third-order valence-electron chi connectivity index (χ3n) is 4.88. The van der Waals surface area contributed by atoms with Crippen LogP contribution in [0.3, 0.4) is 0 Å². The van der Waals surface area contributed by atoms with Crippen LogP contribution in [0.25, 0.3) is 0 Å². The van der Waals surface area contributed by atoms with Gasteiger partial charge in [0.05, 0.1) is 10.8 Å². The van der Waals surface area contributed by atoms with Gasteiger partial charge in [-0.1, -0.05) is 18.2 Å². The number of hydrogen-bond acceptors (Lipinski definition) is 5. The number of rotatable bonds is 5. The molecule has 1 fully saturated rings. The molecule has 1 aliphatic rings. The van der Waals surface area contributed by atoms with Crippen molar-refractivity contribution in [3.8, 4) is 11.5 Å². The third kappa shape index (κ3) is 5.48. The molecular formula is C20H25ClN2O5S. The Hall–Kier alpha value is -2.13. The molecule has 158 valence electrons. The summed E-state index contributed by atoms with van der Waals surface area (Å²) in [6, 6.07) is 13.3. The molecule has 0 aliphatic carbocycles. The zero-order valence-electron chi connectivity index (χ0n) is 16.0. The number of carbonyl (C=O) groups is 1. The quantitative estimate of drug-likeness (QED) is 0.739. The molecule has 1 aliphatic heterocycles. The first-order valence-electron chi connectivity index (χ1n) is 9.09. The molecule has 29 heavy (non-hydrogen) atoms. The number of nitrogens with zero attached hydrogens (tertiary/aromatic N) is 1. The summed E-state index contributed by atoms with van der Waals surface area (Å²) in [6.07, 6.45) is 0.845. The predicted octanol–water partition coefficient (Wildman–Crippen LogP) is 3.02. The van der Waals surface area contributed by atoms with Crippen LogP contribution in [0, 0.1) is 12.8 Å². The number of benzene rings is 2. The fourth-order valence-corrected chi connectivity index (χ4v) is 4.75. The number of nitrogens with two attached hydrogens (primary N) is 1. The standard InChI is InChI=1S/C20H24N2O5S.ClH/c1-14-4-2-3-5-19(14)27-17-8-10-18(11-9-17)28(25,26)22-12-15(20(23)24)6-7-16(21)13-22;/h2-5,8-11,15-16H,6-7,12-13,21H2,1H3,(H,23,24);1H/t15-,16+;/m0./s1. The van der Waals surface area contributed by atoms with E-state index in [0.29, 0.717) is 24.3 Å². The van der Waals surface area contributed by atoms with Crippen molar-refractivity contribution in [3.63, 3.8) is 0 Å². The van der Waals surface area contributed by atoms with Crippen molar-refractivity contribution >= 4 is 28.4 Å². The summed E-state index contributed by atoms with van der Waals surface area (Å²) in [5.74, 6) is -0.548. The van der Waals surface area contributed by atoms with Gasteiger partial charge in [0.2, 0.25) is 10.0 Å². The summed E-state index contributed by atoms with van der Waals surface area (Å²) in [7, 11) is -3.85. The first kappa shape index (κ1) is 23.2. The Bertz CT molecular complexity index is 950. The highest BCUT2D eigenvalue weighted by molar-refractivity contribution is 7.89. The maximum absolute atomic E-state index is 13.0. The van der Waals surface area contributed by atoms with Crippen molar-refractivity contribution < 1.29 is 23.1 Å². The van der Waals surface area contributed by atoms with Crippen LogP contribution in [0.5, 0.6) is 11.5 Å². The molecule has 0 aromatic heterocycles. The summed E-state index contributed by atoms with van der Waals surface area (Å²) < 4.78 is 33.0. The molecular weight excluding hydrogens is 416 g/mol. The van der Waals surface area contributed by atoms with Crippen LogP contribution in [0.15, 0.2) is 53.4 Å². The van der Waals surface area contributed by atoms with Gasteiger partial charge in [-0.2, -0.15) is 4.31 Å². The number of carboxylic acid groups (broad SMARTS) is 1. The minimum atomic E-state index is -3.85. The Balaban J connectivity index is 0.00000300. The molecule has 0 bridgehead atoms. The summed E-state index contributed by atoms with van der Waals surface area (Å²) in [5.41, 5.74) is 6.94. The Morgan fingerprint density at radius 2 is 1.76 bits per heavy atom. The summed E-state index contributed by atoms with van der Waals surface area (Å²) in [6.45, 7) is 1.95. The normalized spacial score (nSPS) is 20.3. The molecule has 3 N–H and O–H groups in total. The van der Waals surface area contributed by atoms with Crippen molar-refractivity contribution in [2.45, 2.75) is 30.7 Å². The molecule has 7 nitrogen and oxygen atoms in total. The second-order valence-electron chi connectivity index (χ2n) is 7.03. The fourth-order valence-electron chi connectivity index (χ4n) is 3.20. The Kier molecular flexibility index (Phi) is 7.65. The summed E-state index contributed by atoms with van der Waals surface area (Å²) in [4.78, 5) is 11.5. The van der Waals surface area contributed by atoms with E-state index in [1.54, 1.807) is 12.1 Å². The highest BCUT2D eigenvalue weighted by atomic mass is 35.5. The SMILES string of the molecule is Cc1ccccc1Oc1ccc(S(=O)(=O)N2C[C@H](N)CC[C@H](C(=O)O)C2)cc1.Cl. The first-order chi connectivity index (χ1) is 13.3. The van der Waals surface area contributed by atoms with Crippen LogP contribution in [-0.4, -0.2) is 42.9 Å². The average Bonchev–Trinajstić information content (AvgIpc) is 2.86. The molecule has 0 amide bonds. The number of hydrogen-bond donors (Lipinski definition) is 2. The number of para-hydroxylation sites is 1. The minimum Gasteiger partial charge on any atom is -0.481 e. The lowest BCUT2D eigenvalue weighted by Gasteiger charge is -2.23. The largest absolute Gasteiger partial charge is 0.481 e. The number of aryl methyl sites for hydroxylation is 1. The lowest BCUT2D eigenvalue weighted by molar-refractivity contribution is -0.142. The minimum absolute atomic E-state index is 0. The van der Waals surface area contributed by atoms with Gasteiger partial charge in [0.1, 0.15) is 11.5 Å². The summed E-state index contributed by atoms with van der Waals surface area (Å²) >= 11 is 0. The lowest BCUT2D eigenvalue weighted by atomic mass is 10.0. The van der Waals surface area contributed by atoms with Crippen molar-refractivity contribution in [2.24, 2.45) is 11.7 Å².